The van der Waals surface area contributed by atoms with E-state index in [4.69, 9.17) is 23.3 Å². The molecule has 1 aliphatic rings. The zero-order chi connectivity index (χ0) is 33.8. The molecule has 1 saturated heterocycles. The van der Waals surface area contributed by atoms with Crippen LogP contribution in [-0.2, 0) is 37.7 Å². The SMILES string of the molecule is CCCC(=O)OCN(C)C(=O)N(/C=C\C=O)C1OC(COP(=O)(N[C@@H](C)C(=O)OC(C)C)Oc2ccccc2)[C@@H](O)[C@@]1(C)NF. The number of nitrogens with one attached hydrogen (secondary N) is 2. The molecule has 0 spiro atoms. The zero-order valence-corrected chi connectivity index (χ0v) is 27.0. The van der Waals surface area contributed by atoms with Crippen molar-refractivity contribution in [1.29, 1.82) is 0 Å². The number of benzene rings is 1. The summed E-state index contributed by atoms with van der Waals surface area (Å²) in [7, 11) is -3.10. The summed E-state index contributed by atoms with van der Waals surface area (Å²) in [6.45, 7) is 6.51. The van der Waals surface area contributed by atoms with Crippen molar-refractivity contribution in [3.8, 4) is 5.75 Å². The molecule has 6 atom stereocenters. The van der Waals surface area contributed by atoms with E-state index in [-0.39, 0.29) is 12.2 Å². The summed E-state index contributed by atoms with van der Waals surface area (Å²) in [4.78, 5) is 50.5. The maximum absolute atomic E-state index is 14.4. The fraction of sp³-hybridized carbons (Fsp3) is 0.571. The predicted octanol–water partition coefficient (Wildman–Crippen LogP) is 2.81. The Morgan fingerprint density at radius 1 is 1.22 bits per heavy atom. The number of allylic oxidation sites excluding steroid dienone is 1. The monoisotopic (exact) mass is 660 g/mol. The quantitative estimate of drug-likeness (QED) is 0.0555. The first-order valence-corrected chi connectivity index (χ1v) is 15.7. The van der Waals surface area contributed by atoms with Crippen molar-refractivity contribution in [1.82, 2.24) is 20.4 Å². The molecular formula is C28H42FN4O11P. The average molecular weight is 661 g/mol. The molecule has 0 aliphatic carbocycles. The third-order valence-corrected chi connectivity index (χ3v) is 8.06. The smallest absolute Gasteiger partial charge is 0.459 e. The van der Waals surface area contributed by atoms with Crippen LogP contribution in [0.25, 0.3) is 0 Å². The maximum atomic E-state index is 14.4. The Morgan fingerprint density at radius 2 is 1.89 bits per heavy atom. The van der Waals surface area contributed by atoms with Gasteiger partial charge in [-0.3, -0.25) is 28.7 Å². The lowest BCUT2D eigenvalue weighted by Gasteiger charge is -2.37. The fourth-order valence-corrected chi connectivity index (χ4v) is 5.58. The van der Waals surface area contributed by atoms with Crippen LogP contribution in [0, 0.1) is 0 Å². The molecule has 3 N–H and O–H groups in total. The molecule has 45 heavy (non-hydrogen) atoms. The average Bonchev–Trinajstić information content (AvgIpc) is 3.24. The lowest BCUT2D eigenvalue weighted by molar-refractivity contribution is -0.149. The van der Waals surface area contributed by atoms with Gasteiger partial charge in [0.05, 0.1) is 12.7 Å². The van der Waals surface area contributed by atoms with E-state index in [1.165, 1.54) is 38.6 Å². The molecule has 1 aromatic rings. The van der Waals surface area contributed by atoms with Gasteiger partial charge in [-0.1, -0.05) is 25.1 Å². The number of rotatable bonds is 17. The summed E-state index contributed by atoms with van der Waals surface area (Å²) in [6, 6.07) is 5.87. The predicted molar refractivity (Wildman–Crippen MR) is 158 cm³/mol. The van der Waals surface area contributed by atoms with Crippen LogP contribution >= 0.6 is 7.75 Å². The van der Waals surface area contributed by atoms with Crippen LogP contribution in [-0.4, -0.2) is 95.7 Å². The number of amides is 2. The number of hydrogen-bond donors (Lipinski definition) is 3. The molecule has 1 aromatic carbocycles. The van der Waals surface area contributed by atoms with Crippen LogP contribution in [0.15, 0.2) is 42.6 Å². The molecule has 2 rings (SSSR count). The highest BCUT2D eigenvalue weighted by Crippen LogP contribution is 2.46. The van der Waals surface area contributed by atoms with Gasteiger partial charge in [0.25, 0.3) is 0 Å². The van der Waals surface area contributed by atoms with Crippen molar-refractivity contribution in [2.75, 3.05) is 20.4 Å². The van der Waals surface area contributed by atoms with Gasteiger partial charge in [0.2, 0.25) is 0 Å². The van der Waals surface area contributed by atoms with Crippen molar-refractivity contribution in [2.45, 2.75) is 83.6 Å². The molecule has 0 radical (unpaired) electrons. The highest BCUT2D eigenvalue weighted by Gasteiger charge is 2.57. The number of aldehydes is 1. The molecule has 17 heteroatoms. The van der Waals surface area contributed by atoms with Crippen molar-refractivity contribution in [3.63, 3.8) is 0 Å². The summed E-state index contributed by atoms with van der Waals surface area (Å²) in [5.74, 6) is -1.16. The standard InChI is InChI=1S/C28H42FN4O11P/c1-7-12-23(35)40-18-32(6)27(38)33(15-11-16-34)26-28(5,31-29)24(36)22(43-26)17-41-45(39,44-21-13-9-8-10-14-21)30-20(4)25(37)42-19(2)3/h8-11,13-16,19-20,22,24,26,31,36H,7,12,17-18H2,1-6H3,(H,30,39)/b15-11-/t20-,22?,24+,26?,28+,45?/m0/s1. The number of carbonyl (C=O) groups excluding carboxylic acids is 4. The lowest BCUT2D eigenvalue weighted by Crippen LogP contribution is -2.60. The normalized spacial score (nSPS) is 23.3. The summed E-state index contributed by atoms with van der Waals surface area (Å²) < 4.78 is 55.5. The van der Waals surface area contributed by atoms with Gasteiger partial charge in [0, 0.05) is 19.7 Å². The third-order valence-electron chi connectivity index (χ3n) is 6.42. The number of aliphatic hydroxyl groups excluding tert-OH is 1. The van der Waals surface area contributed by atoms with E-state index in [1.807, 2.05) is 0 Å². The lowest BCUT2D eigenvalue weighted by atomic mass is 9.93. The molecule has 0 saturated carbocycles. The van der Waals surface area contributed by atoms with Gasteiger partial charge in [0.1, 0.15) is 35.8 Å². The second-order valence-corrected chi connectivity index (χ2v) is 12.3. The van der Waals surface area contributed by atoms with E-state index in [1.54, 1.807) is 39.0 Å². The highest BCUT2D eigenvalue weighted by atomic mass is 31.2. The summed E-state index contributed by atoms with van der Waals surface area (Å²) >= 11 is 0. The number of esters is 2. The molecule has 1 aliphatic heterocycles. The Labute approximate surface area is 261 Å². The minimum atomic E-state index is -4.40. The number of aliphatic hydroxyl groups is 1. The van der Waals surface area contributed by atoms with Gasteiger partial charge < -0.3 is 23.8 Å². The molecular weight excluding hydrogens is 618 g/mol. The number of carbonyl (C=O) groups is 4. The summed E-state index contributed by atoms with van der Waals surface area (Å²) in [5.41, 5.74) is -0.549. The van der Waals surface area contributed by atoms with Crippen molar-refractivity contribution < 1.29 is 56.6 Å². The van der Waals surface area contributed by atoms with E-state index >= 15 is 0 Å². The summed E-state index contributed by atoms with van der Waals surface area (Å²) in [5, 5.41) is 13.6. The van der Waals surface area contributed by atoms with E-state index in [2.05, 4.69) is 5.09 Å². The molecule has 1 fully saturated rings. The van der Waals surface area contributed by atoms with E-state index in [0.717, 1.165) is 22.1 Å². The minimum absolute atomic E-state index is 0.122. The molecule has 2 amide bonds. The van der Waals surface area contributed by atoms with Crippen LogP contribution in [0.5, 0.6) is 5.75 Å². The Balaban J connectivity index is 2.31. The van der Waals surface area contributed by atoms with Crippen LogP contribution in [0.2, 0.25) is 0 Å². The third kappa shape index (κ3) is 10.6. The van der Waals surface area contributed by atoms with E-state index in [9.17, 15) is 33.3 Å². The number of nitrogens with zero attached hydrogens (tertiary/aromatic N) is 2. The fourth-order valence-electron chi connectivity index (χ4n) is 4.07. The Bertz CT molecular complexity index is 1220. The molecule has 3 unspecified atom stereocenters. The van der Waals surface area contributed by atoms with Gasteiger partial charge in [-0.2, -0.15) is 5.09 Å². The van der Waals surface area contributed by atoms with Crippen molar-refractivity contribution in [2.24, 2.45) is 0 Å². The molecule has 0 bridgehead atoms. The molecule has 0 aromatic heterocycles. The van der Waals surface area contributed by atoms with Crippen LogP contribution in [0.3, 0.4) is 0 Å². The van der Waals surface area contributed by atoms with E-state index in [0.29, 0.717) is 12.7 Å². The van der Waals surface area contributed by atoms with Gasteiger partial charge in [-0.05, 0) is 52.3 Å². The zero-order valence-electron chi connectivity index (χ0n) is 26.1. The van der Waals surface area contributed by atoms with Crippen molar-refractivity contribution in [3.05, 3.63) is 42.6 Å². The largest absolute Gasteiger partial charge is 0.462 e. The first kappa shape index (κ1) is 37.8. The highest BCUT2D eigenvalue weighted by molar-refractivity contribution is 7.52. The number of hydrogen-bond acceptors (Lipinski definition) is 12. The van der Waals surface area contributed by atoms with Crippen LogP contribution in [0.4, 0.5) is 9.28 Å². The van der Waals surface area contributed by atoms with Gasteiger partial charge in [-0.15, -0.1) is 10.0 Å². The van der Waals surface area contributed by atoms with Gasteiger partial charge in [0.15, 0.2) is 13.0 Å². The van der Waals surface area contributed by atoms with Crippen molar-refractivity contribution >= 4 is 32.0 Å². The first-order chi connectivity index (χ1) is 21.2. The minimum Gasteiger partial charge on any atom is -0.462 e. The first-order valence-electron chi connectivity index (χ1n) is 14.2. The van der Waals surface area contributed by atoms with Crippen LogP contribution < -0.4 is 15.1 Å². The Morgan fingerprint density at radius 3 is 2.47 bits per heavy atom. The topological polar surface area (TPSA) is 182 Å². The summed E-state index contributed by atoms with van der Waals surface area (Å²) in [6.07, 6.45) is -2.25. The Hall–Kier alpha value is -3.40. The van der Waals surface area contributed by atoms with Gasteiger partial charge in [-0.25, -0.2) is 9.36 Å². The van der Waals surface area contributed by atoms with E-state index < -0.39 is 75.2 Å². The number of urea groups is 1. The number of ether oxygens (including phenoxy) is 3. The molecule has 15 nitrogen and oxygen atoms in total. The van der Waals surface area contributed by atoms with Crippen LogP contribution in [0.1, 0.15) is 47.5 Å². The Kier molecular flexibility index (Phi) is 14.6. The second-order valence-electron chi connectivity index (χ2n) is 10.6. The molecule has 252 valence electrons. The molecule has 1 heterocycles. The number of para-hydroxylation sites is 1. The van der Waals surface area contributed by atoms with Gasteiger partial charge >= 0.3 is 25.7 Å². The number of halogens is 1. The second kappa shape index (κ2) is 17.3. The maximum Gasteiger partial charge on any atom is 0.459 e.